The Hall–Kier alpha value is -0.880. The highest BCUT2D eigenvalue weighted by molar-refractivity contribution is 9.10. The summed E-state index contributed by atoms with van der Waals surface area (Å²) in [5.41, 5.74) is 1.54. The molecule has 1 amide bonds. The summed E-state index contributed by atoms with van der Waals surface area (Å²) in [7, 11) is 1.83. The van der Waals surface area contributed by atoms with Gasteiger partial charge in [0.15, 0.2) is 0 Å². The summed E-state index contributed by atoms with van der Waals surface area (Å²) in [4.78, 5) is 17.1. The van der Waals surface area contributed by atoms with E-state index in [-0.39, 0.29) is 5.91 Å². The van der Waals surface area contributed by atoms with Crippen molar-refractivity contribution in [2.24, 2.45) is 7.05 Å². The van der Waals surface area contributed by atoms with Crippen LogP contribution < -0.4 is 0 Å². The van der Waals surface area contributed by atoms with Crippen molar-refractivity contribution < 1.29 is 4.79 Å². The van der Waals surface area contributed by atoms with E-state index in [1.807, 2.05) is 18.9 Å². The van der Waals surface area contributed by atoms with Gasteiger partial charge in [0.1, 0.15) is 5.69 Å². The van der Waals surface area contributed by atoms with Crippen LogP contribution in [0.4, 0.5) is 0 Å². The van der Waals surface area contributed by atoms with E-state index >= 15 is 0 Å². The van der Waals surface area contributed by atoms with Crippen molar-refractivity contribution in [2.45, 2.75) is 25.8 Å². The van der Waals surface area contributed by atoms with Crippen LogP contribution in [0.25, 0.3) is 0 Å². The zero-order valence-corrected chi connectivity index (χ0v) is 13.0. The van der Waals surface area contributed by atoms with E-state index < -0.39 is 0 Å². The predicted octanol–water partition coefficient (Wildman–Crippen LogP) is 1.41. The summed E-state index contributed by atoms with van der Waals surface area (Å²) in [5, 5.41) is 4.30. The minimum Gasteiger partial charge on any atom is -0.334 e. The van der Waals surface area contributed by atoms with Gasteiger partial charge in [-0.3, -0.25) is 14.4 Å². The zero-order valence-electron chi connectivity index (χ0n) is 11.4. The molecule has 104 valence electrons. The molecule has 1 aromatic heterocycles. The topological polar surface area (TPSA) is 41.4 Å². The van der Waals surface area contributed by atoms with E-state index in [1.54, 1.807) is 4.68 Å². The first-order chi connectivity index (χ1) is 9.08. The lowest BCUT2D eigenvalue weighted by Gasteiger charge is -2.37. The van der Waals surface area contributed by atoms with E-state index in [9.17, 15) is 4.79 Å². The minimum atomic E-state index is 0.0986. The molecule has 0 saturated carbocycles. The van der Waals surface area contributed by atoms with Gasteiger partial charge >= 0.3 is 0 Å². The first-order valence-corrected chi connectivity index (χ1v) is 7.59. The lowest BCUT2D eigenvalue weighted by Crippen LogP contribution is -2.52. The molecule has 2 aliphatic heterocycles. The first-order valence-electron chi connectivity index (χ1n) is 6.80. The van der Waals surface area contributed by atoms with Gasteiger partial charge in [-0.15, -0.1) is 0 Å². The second-order valence-electron chi connectivity index (χ2n) is 5.45. The Balaban J connectivity index is 1.80. The Morgan fingerprint density at radius 2 is 2.16 bits per heavy atom. The Bertz CT molecular complexity index is 513. The number of rotatable bonds is 1. The van der Waals surface area contributed by atoms with Gasteiger partial charge in [0.05, 0.1) is 10.2 Å². The number of nitrogens with zero attached hydrogens (tertiary/aromatic N) is 4. The van der Waals surface area contributed by atoms with Gasteiger partial charge in [-0.1, -0.05) is 0 Å². The number of fused-ring (bicyclic) bond motifs is 1. The standard InChI is InChI=1S/C13H19BrN4O/c1-9-11(14)12(16(2)15-9)13(19)18-7-6-17-5-3-4-10(17)8-18/h10H,3-8H2,1-2H3/t10-/m1/s1. The lowest BCUT2D eigenvalue weighted by atomic mass is 10.1. The van der Waals surface area contributed by atoms with Crippen molar-refractivity contribution in [3.63, 3.8) is 0 Å². The van der Waals surface area contributed by atoms with Crippen LogP contribution in [0, 0.1) is 6.92 Å². The molecule has 2 fully saturated rings. The number of hydrogen-bond donors (Lipinski definition) is 0. The molecule has 1 aromatic rings. The summed E-state index contributed by atoms with van der Waals surface area (Å²) in [5.74, 6) is 0.0986. The van der Waals surface area contributed by atoms with Crippen LogP contribution in [0.15, 0.2) is 4.47 Å². The average molecular weight is 327 g/mol. The van der Waals surface area contributed by atoms with Crippen molar-refractivity contribution >= 4 is 21.8 Å². The number of aromatic nitrogens is 2. The summed E-state index contributed by atoms with van der Waals surface area (Å²) >= 11 is 3.48. The highest BCUT2D eigenvalue weighted by atomic mass is 79.9. The molecule has 3 rings (SSSR count). The zero-order chi connectivity index (χ0) is 13.6. The molecular formula is C13H19BrN4O. The molecule has 0 aliphatic carbocycles. The van der Waals surface area contributed by atoms with Gasteiger partial charge in [0.2, 0.25) is 0 Å². The molecule has 0 unspecified atom stereocenters. The van der Waals surface area contributed by atoms with Crippen LogP contribution in [0.1, 0.15) is 29.0 Å². The van der Waals surface area contributed by atoms with Crippen molar-refractivity contribution in [1.29, 1.82) is 0 Å². The van der Waals surface area contributed by atoms with Gasteiger partial charge in [0, 0.05) is 32.7 Å². The molecule has 19 heavy (non-hydrogen) atoms. The molecule has 0 aromatic carbocycles. The Morgan fingerprint density at radius 1 is 1.37 bits per heavy atom. The molecule has 3 heterocycles. The fourth-order valence-corrected chi connectivity index (χ4v) is 3.70. The number of carbonyl (C=O) groups is 1. The maximum atomic E-state index is 12.7. The third kappa shape index (κ3) is 2.21. The Morgan fingerprint density at radius 3 is 2.84 bits per heavy atom. The third-order valence-corrected chi connectivity index (χ3v) is 5.18. The molecule has 2 saturated heterocycles. The minimum absolute atomic E-state index is 0.0986. The Kier molecular flexibility index (Phi) is 3.39. The SMILES string of the molecule is Cc1nn(C)c(C(=O)N2CCN3CCC[C@@H]3C2)c1Br. The molecular weight excluding hydrogens is 308 g/mol. The van der Waals surface area contributed by atoms with Crippen LogP contribution in [0.5, 0.6) is 0 Å². The van der Waals surface area contributed by atoms with Crippen LogP contribution in [-0.2, 0) is 7.05 Å². The lowest BCUT2D eigenvalue weighted by molar-refractivity contribution is 0.0560. The summed E-state index contributed by atoms with van der Waals surface area (Å²) in [6, 6.07) is 0.561. The number of aryl methyl sites for hydroxylation is 2. The number of piperazine rings is 1. The molecule has 6 heteroatoms. The van der Waals surface area contributed by atoms with Crippen molar-refractivity contribution in [1.82, 2.24) is 19.6 Å². The van der Waals surface area contributed by atoms with E-state index in [1.165, 1.54) is 19.4 Å². The highest BCUT2D eigenvalue weighted by Crippen LogP contribution is 2.25. The van der Waals surface area contributed by atoms with Crippen molar-refractivity contribution in [2.75, 3.05) is 26.2 Å². The van der Waals surface area contributed by atoms with Gasteiger partial charge < -0.3 is 4.90 Å². The fourth-order valence-electron chi connectivity index (χ4n) is 3.19. The van der Waals surface area contributed by atoms with E-state index in [0.29, 0.717) is 11.7 Å². The monoisotopic (exact) mass is 326 g/mol. The number of halogens is 1. The van der Waals surface area contributed by atoms with Crippen LogP contribution in [-0.4, -0.2) is 57.7 Å². The molecule has 0 spiro atoms. The van der Waals surface area contributed by atoms with Gasteiger partial charge in [-0.25, -0.2) is 0 Å². The average Bonchev–Trinajstić information content (AvgIpc) is 2.94. The maximum Gasteiger partial charge on any atom is 0.273 e. The third-order valence-electron chi connectivity index (χ3n) is 4.23. The Labute approximate surface area is 121 Å². The summed E-state index contributed by atoms with van der Waals surface area (Å²) in [6.45, 7) is 5.79. The van der Waals surface area contributed by atoms with Crippen LogP contribution in [0.3, 0.4) is 0 Å². The molecule has 2 aliphatic rings. The highest BCUT2D eigenvalue weighted by Gasteiger charge is 2.34. The number of hydrogen-bond acceptors (Lipinski definition) is 3. The summed E-state index contributed by atoms with van der Waals surface area (Å²) in [6.07, 6.45) is 2.48. The first kappa shape index (κ1) is 13.1. The van der Waals surface area contributed by atoms with Gasteiger partial charge in [-0.05, 0) is 42.2 Å². The van der Waals surface area contributed by atoms with Gasteiger partial charge in [0.25, 0.3) is 5.91 Å². The van der Waals surface area contributed by atoms with Gasteiger partial charge in [-0.2, -0.15) is 5.10 Å². The molecule has 0 bridgehead atoms. The second-order valence-corrected chi connectivity index (χ2v) is 6.25. The number of amides is 1. The summed E-state index contributed by atoms with van der Waals surface area (Å²) < 4.78 is 2.51. The van der Waals surface area contributed by atoms with Crippen LogP contribution in [0.2, 0.25) is 0 Å². The van der Waals surface area contributed by atoms with Crippen molar-refractivity contribution in [3.8, 4) is 0 Å². The van der Waals surface area contributed by atoms with E-state index in [4.69, 9.17) is 0 Å². The molecule has 1 atom stereocenters. The van der Waals surface area contributed by atoms with Crippen molar-refractivity contribution in [3.05, 3.63) is 15.9 Å². The predicted molar refractivity (Wildman–Crippen MR) is 76.1 cm³/mol. The van der Waals surface area contributed by atoms with E-state index in [0.717, 1.165) is 29.8 Å². The van der Waals surface area contributed by atoms with E-state index in [2.05, 4.69) is 25.9 Å². The molecule has 0 N–H and O–H groups in total. The second kappa shape index (κ2) is 4.90. The maximum absolute atomic E-state index is 12.7. The molecule has 0 radical (unpaired) electrons. The normalized spacial score (nSPS) is 23.7. The number of carbonyl (C=O) groups excluding carboxylic acids is 1. The van der Waals surface area contributed by atoms with Crippen LogP contribution >= 0.6 is 15.9 Å². The molecule has 5 nitrogen and oxygen atoms in total. The largest absolute Gasteiger partial charge is 0.334 e. The fraction of sp³-hybridized carbons (Fsp3) is 0.692. The smallest absolute Gasteiger partial charge is 0.273 e. The quantitative estimate of drug-likeness (QED) is 0.783.